The van der Waals surface area contributed by atoms with Gasteiger partial charge in [0.25, 0.3) is 0 Å². The Bertz CT molecular complexity index is 570. The van der Waals surface area contributed by atoms with Gasteiger partial charge in [-0.2, -0.15) is 0 Å². The summed E-state index contributed by atoms with van der Waals surface area (Å²) < 4.78 is 0. The maximum atomic E-state index is 12.3. The van der Waals surface area contributed by atoms with Gasteiger partial charge in [0, 0.05) is 38.3 Å². The highest BCUT2D eigenvalue weighted by atomic mass is 16.2. The van der Waals surface area contributed by atoms with Crippen LogP contribution in [0.1, 0.15) is 27.2 Å². The molecule has 2 atom stereocenters. The van der Waals surface area contributed by atoms with E-state index in [0.717, 1.165) is 31.3 Å². The maximum absolute atomic E-state index is 12.3. The average molecular weight is 345 g/mol. The van der Waals surface area contributed by atoms with Gasteiger partial charge in [-0.3, -0.25) is 14.7 Å². The Morgan fingerprint density at radius 1 is 1.32 bits per heavy atom. The molecule has 0 bridgehead atoms. The number of amides is 1. The number of hydrogen-bond acceptors (Lipinski definition) is 3. The predicted molar refractivity (Wildman–Crippen MR) is 104 cm³/mol. The van der Waals surface area contributed by atoms with Crippen LogP contribution in [0.2, 0.25) is 0 Å². The average Bonchev–Trinajstić information content (AvgIpc) is 3.00. The molecule has 6 nitrogen and oxygen atoms in total. The lowest BCUT2D eigenvalue weighted by Crippen LogP contribution is -2.49. The standard InChI is InChI=1S/C19H31N5O/c1-5-23(6-2)15(3)13-21-19(20-4)22-16-12-18(25)24(14-16)17-10-8-7-9-11-17/h7-11,15-16H,5-6,12-14H2,1-4H3,(H2,20,21,22). The van der Waals surface area contributed by atoms with Gasteiger partial charge in [-0.1, -0.05) is 32.0 Å². The number of nitrogens with zero attached hydrogens (tertiary/aromatic N) is 3. The molecule has 1 saturated heterocycles. The first-order chi connectivity index (χ1) is 12.1. The molecule has 1 aromatic rings. The van der Waals surface area contributed by atoms with E-state index in [2.05, 4.69) is 41.3 Å². The molecule has 1 heterocycles. The number of guanidine groups is 1. The molecule has 1 fully saturated rings. The Kier molecular flexibility index (Phi) is 7.25. The smallest absolute Gasteiger partial charge is 0.229 e. The summed E-state index contributed by atoms with van der Waals surface area (Å²) in [5.74, 6) is 0.905. The Balaban J connectivity index is 1.87. The molecule has 138 valence electrons. The Labute approximate surface area is 151 Å². The van der Waals surface area contributed by atoms with E-state index >= 15 is 0 Å². The number of anilines is 1. The highest BCUT2D eigenvalue weighted by Crippen LogP contribution is 2.20. The zero-order chi connectivity index (χ0) is 18.2. The lowest BCUT2D eigenvalue weighted by atomic mass is 10.2. The molecule has 1 aromatic carbocycles. The first-order valence-corrected chi connectivity index (χ1v) is 9.15. The van der Waals surface area contributed by atoms with Crippen molar-refractivity contribution in [2.45, 2.75) is 39.3 Å². The number of para-hydroxylation sites is 1. The van der Waals surface area contributed by atoms with Crippen molar-refractivity contribution in [3.8, 4) is 0 Å². The third-order valence-electron chi connectivity index (χ3n) is 4.76. The number of carbonyl (C=O) groups excluding carboxylic acids is 1. The van der Waals surface area contributed by atoms with E-state index in [-0.39, 0.29) is 11.9 Å². The number of carbonyl (C=O) groups is 1. The number of hydrogen-bond donors (Lipinski definition) is 2. The number of likely N-dealkylation sites (N-methyl/N-ethyl adjacent to an activating group) is 1. The molecule has 1 aliphatic rings. The molecule has 0 aliphatic carbocycles. The Hall–Kier alpha value is -2.08. The first-order valence-electron chi connectivity index (χ1n) is 9.15. The second-order valence-corrected chi connectivity index (χ2v) is 6.41. The van der Waals surface area contributed by atoms with Gasteiger partial charge >= 0.3 is 0 Å². The van der Waals surface area contributed by atoms with Gasteiger partial charge in [0.2, 0.25) is 5.91 Å². The van der Waals surface area contributed by atoms with E-state index in [4.69, 9.17) is 0 Å². The molecule has 25 heavy (non-hydrogen) atoms. The van der Waals surface area contributed by atoms with Gasteiger partial charge < -0.3 is 15.5 Å². The van der Waals surface area contributed by atoms with Crippen LogP contribution in [0.5, 0.6) is 0 Å². The van der Waals surface area contributed by atoms with Crippen molar-refractivity contribution in [3.63, 3.8) is 0 Å². The summed E-state index contributed by atoms with van der Waals surface area (Å²) in [6.45, 7) is 10.1. The van der Waals surface area contributed by atoms with E-state index in [1.54, 1.807) is 7.05 Å². The van der Waals surface area contributed by atoms with Gasteiger partial charge in [0.05, 0.1) is 6.04 Å². The van der Waals surface area contributed by atoms with E-state index < -0.39 is 0 Å². The van der Waals surface area contributed by atoms with Crippen LogP contribution in [0.15, 0.2) is 35.3 Å². The summed E-state index contributed by atoms with van der Waals surface area (Å²) in [4.78, 5) is 20.8. The number of nitrogens with one attached hydrogen (secondary N) is 2. The van der Waals surface area contributed by atoms with Crippen LogP contribution in [-0.4, -0.2) is 62.1 Å². The van der Waals surface area contributed by atoms with Crippen LogP contribution in [-0.2, 0) is 4.79 Å². The van der Waals surface area contributed by atoms with Crippen LogP contribution < -0.4 is 15.5 Å². The van der Waals surface area contributed by atoms with E-state index in [9.17, 15) is 4.79 Å². The second-order valence-electron chi connectivity index (χ2n) is 6.41. The van der Waals surface area contributed by atoms with E-state index in [1.165, 1.54) is 0 Å². The summed E-state index contributed by atoms with van der Waals surface area (Å²) in [7, 11) is 1.77. The topological polar surface area (TPSA) is 60.0 Å². The summed E-state index contributed by atoms with van der Waals surface area (Å²) >= 11 is 0. The minimum atomic E-state index is 0.0719. The number of benzene rings is 1. The molecule has 0 saturated carbocycles. The highest BCUT2D eigenvalue weighted by Gasteiger charge is 2.31. The molecule has 0 spiro atoms. The molecular formula is C19H31N5O. The first kappa shape index (κ1) is 19.2. The predicted octanol–water partition coefficient (Wildman–Crippen LogP) is 1.69. The SMILES string of the molecule is CCN(CC)C(C)CNC(=NC)NC1CC(=O)N(c2ccccc2)C1. The minimum Gasteiger partial charge on any atom is -0.355 e. The molecular weight excluding hydrogens is 314 g/mol. The van der Waals surface area contributed by atoms with Crippen LogP contribution in [0.4, 0.5) is 5.69 Å². The molecule has 1 amide bonds. The fraction of sp³-hybridized carbons (Fsp3) is 0.579. The number of rotatable bonds is 7. The maximum Gasteiger partial charge on any atom is 0.229 e. The largest absolute Gasteiger partial charge is 0.355 e. The lowest BCUT2D eigenvalue weighted by molar-refractivity contribution is -0.117. The molecule has 0 radical (unpaired) electrons. The molecule has 2 unspecified atom stereocenters. The molecule has 0 aromatic heterocycles. The van der Waals surface area contributed by atoms with Gasteiger partial charge in [-0.15, -0.1) is 0 Å². The third kappa shape index (κ3) is 5.19. The molecule has 6 heteroatoms. The van der Waals surface area contributed by atoms with E-state index in [1.807, 2.05) is 35.2 Å². The van der Waals surface area contributed by atoms with Crippen molar-refractivity contribution < 1.29 is 4.79 Å². The van der Waals surface area contributed by atoms with Gasteiger partial charge in [0.1, 0.15) is 0 Å². The second kappa shape index (κ2) is 9.42. The van der Waals surface area contributed by atoms with Crippen molar-refractivity contribution in [3.05, 3.63) is 30.3 Å². The van der Waals surface area contributed by atoms with Crippen molar-refractivity contribution >= 4 is 17.6 Å². The van der Waals surface area contributed by atoms with Crippen LogP contribution in [0, 0.1) is 0 Å². The van der Waals surface area contributed by atoms with Crippen LogP contribution in [0.3, 0.4) is 0 Å². The van der Waals surface area contributed by atoms with Crippen molar-refractivity contribution in [1.82, 2.24) is 15.5 Å². The normalized spacial score (nSPS) is 19.4. The number of aliphatic imine (C=N–C) groups is 1. The summed E-state index contributed by atoms with van der Waals surface area (Å²) in [6.07, 6.45) is 0.487. The molecule has 2 N–H and O–H groups in total. The summed E-state index contributed by atoms with van der Waals surface area (Å²) in [5, 5.41) is 6.77. The van der Waals surface area contributed by atoms with Crippen LogP contribution >= 0.6 is 0 Å². The van der Waals surface area contributed by atoms with Gasteiger partial charge in [0.15, 0.2) is 5.96 Å². The summed E-state index contributed by atoms with van der Waals surface area (Å²) in [5.41, 5.74) is 0.954. The van der Waals surface area contributed by atoms with Crippen molar-refractivity contribution in [1.29, 1.82) is 0 Å². The van der Waals surface area contributed by atoms with Crippen molar-refractivity contribution in [2.75, 3.05) is 38.1 Å². The molecule has 1 aliphatic heterocycles. The monoisotopic (exact) mass is 345 g/mol. The third-order valence-corrected chi connectivity index (χ3v) is 4.76. The van der Waals surface area contributed by atoms with Crippen molar-refractivity contribution in [2.24, 2.45) is 4.99 Å². The quantitative estimate of drug-likeness (QED) is 0.583. The Morgan fingerprint density at radius 2 is 2.00 bits per heavy atom. The summed E-state index contributed by atoms with van der Waals surface area (Å²) in [6, 6.07) is 10.3. The fourth-order valence-electron chi connectivity index (χ4n) is 3.27. The fourth-order valence-corrected chi connectivity index (χ4v) is 3.27. The highest BCUT2D eigenvalue weighted by molar-refractivity contribution is 5.97. The Morgan fingerprint density at radius 3 is 2.60 bits per heavy atom. The van der Waals surface area contributed by atoms with Gasteiger partial charge in [-0.05, 0) is 32.1 Å². The molecule has 2 rings (SSSR count). The zero-order valence-corrected chi connectivity index (χ0v) is 15.8. The van der Waals surface area contributed by atoms with E-state index in [0.29, 0.717) is 19.0 Å². The zero-order valence-electron chi connectivity index (χ0n) is 15.8. The van der Waals surface area contributed by atoms with Crippen LogP contribution in [0.25, 0.3) is 0 Å². The minimum absolute atomic E-state index is 0.0719. The van der Waals surface area contributed by atoms with Gasteiger partial charge in [-0.25, -0.2) is 0 Å². The lowest BCUT2D eigenvalue weighted by Gasteiger charge is -2.27.